The number of Topliss-reactive ketones (excluding diaryl/α,β-unsaturated/α-hetero) is 1. The van der Waals surface area contributed by atoms with Crippen LogP contribution in [0.3, 0.4) is 0 Å². The maximum atomic E-state index is 10.4. The molecule has 0 aliphatic carbocycles. The zero-order valence-corrected chi connectivity index (χ0v) is 7.05. The average Bonchev–Trinajstić information content (AvgIpc) is 1.97. The summed E-state index contributed by atoms with van der Waals surface area (Å²) in [6.45, 7) is -1.06. The third kappa shape index (κ3) is 5.45. The fourth-order valence-electron chi connectivity index (χ4n) is 0.386. The molecule has 0 aliphatic rings. The molecule has 0 amide bonds. The van der Waals surface area contributed by atoms with Crippen LogP contribution < -0.4 is 0 Å². The fraction of sp³-hybridized carbons (Fsp3) is 0.500. The zero-order valence-electron chi connectivity index (χ0n) is 6.15. The summed E-state index contributed by atoms with van der Waals surface area (Å²) in [4.78, 5) is 36.5. The number of aliphatic carboxylic acids is 1. The average molecular weight is 214 g/mol. The van der Waals surface area contributed by atoms with Crippen molar-refractivity contribution in [3.63, 3.8) is 0 Å². The first-order chi connectivity index (χ1) is 5.74. The molecule has 0 saturated carbocycles. The smallest absolute Gasteiger partial charge is 0.469 e. The summed E-state index contributed by atoms with van der Waals surface area (Å²) in [5, 5.41) is 16.7. The minimum absolute atomic E-state index is 1.06. The molecular weight excluding hydrogens is 207 g/mol. The predicted octanol–water partition coefficient (Wildman–Crippen LogP) is -1.89. The van der Waals surface area contributed by atoms with E-state index in [1.54, 1.807) is 0 Å². The molecule has 0 rings (SSSR count). The standard InChI is InChI=1S/C4H7O8P/c5-2(3(6)4(7)8)1-12-13(9,10)11/h2,5H,1H2,(H,7,8)(H2,9,10,11). The Balaban J connectivity index is 4.03. The first-order valence-electron chi connectivity index (χ1n) is 2.89. The Morgan fingerprint density at radius 2 is 1.85 bits per heavy atom. The molecule has 4 N–H and O–H groups in total. The summed E-state index contributed by atoms with van der Waals surface area (Å²) in [6, 6.07) is 0. The summed E-state index contributed by atoms with van der Waals surface area (Å²) >= 11 is 0. The Morgan fingerprint density at radius 3 is 2.15 bits per heavy atom. The normalized spacial score (nSPS) is 13.8. The highest BCUT2D eigenvalue weighted by atomic mass is 31.2. The summed E-state index contributed by atoms with van der Waals surface area (Å²) < 4.78 is 13.7. The van der Waals surface area contributed by atoms with E-state index in [1.165, 1.54) is 0 Å². The van der Waals surface area contributed by atoms with E-state index in [-0.39, 0.29) is 0 Å². The van der Waals surface area contributed by atoms with Crippen molar-refractivity contribution in [2.45, 2.75) is 6.10 Å². The van der Waals surface area contributed by atoms with Crippen molar-refractivity contribution < 1.29 is 38.7 Å². The lowest BCUT2D eigenvalue weighted by molar-refractivity contribution is -0.154. The van der Waals surface area contributed by atoms with Crippen molar-refractivity contribution >= 4 is 19.6 Å². The van der Waals surface area contributed by atoms with Gasteiger partial charge < -0.3 is 20.0 Å². The molecule has 9 heteroatoms. The van der Waals surface area contributed by atoms with Crippen LogP contribution in [-0.2, 0) is 18.7 Å². The second-order valence-electron chi connectivity index (χ2n) is 1.97. The van der Waals surface area contributed by atoms with Crippen LogP contribution in [0.25, 0.3) is 0 Å². The predicted molar refractivity (Wildman–Crippen MR) is 36.6 cm³/mol. The van der Waals surface area contributed by atoms with E-state index in [0.29, 0.717) is 0 Å². The molecule has 0 saturated heterocycles. The Morgan fingerprint density at radius 1 is 1.38 bits per heavy atom. The lowest BCUT2D eigenvalue weighted by Crippen LogP contribution is -2.31. The second-order valence-corrected chi connectivity index (χ2v) is 3.21. The highest BCUT2D eigenvalue weighted by Crippen LogP contribution is 2.35. The third-order valence-electron chi connectivity index (χ3n) is 0.914. The molecule has 1 unspecified atom stereocenters. The summed E-state index contributed by atoms with van der Waals surface area (Å²) in [5.74, 6) is -3.49. The Bertz CT molecular complexity index is 253. The van der Waals surface area contributed by atoms with Gasteiger partial charge in [0.25, 0.3) is 5.78 Å². The third-order valence-corrected chi connectivity index (χ3v) is 1.40. The van der Waals surface area contributed by atoms with Gasteiger partial charge in [0, 0.05) is 0 Å². The number of rotatable bonds is 5. The van der Waals surface area contributed by atoms with E-state index in [0.717, 1.165) is 0 Å². The quantitative estimate of drug-likeness (QED) is 0.307. The van der Waals surface area contributed by atoms with Crippen molar-refractivity contribution in [1.82, 2.24) is 0 Å². The van der Waals surface area contributed by atoms with Gasteiger partial charge in [-0.2, -0.15) is 0 Å². The Labute approximate surface area is 72.0 Å². The lowest BCUT2D eigenvalue weighted by atomic mass is 10.2. The topological polar surface area (TPSA) is 141 Å². The fourth-order valence-corrected chi connectivity index (χ4v) is 0.721. The number of carbonyl (C=O) groups is 2. The number of hydrogen-bond acceptors (Lipinski definition) is 5. The van der Waals surface area contributed by atoms with E-state index < -0.39 is 32.3 Å². The van der Waals surface area contributed by atoms with Gasteiger partial charge in [-0.1, -0.05) is 0 Å². The van der Waals surface area contributed by atoms with Crippen molar-refractivity contribution in [2.75, 3.05) is 6.61 Å². The van der Waals surface area contributed by atoms with Gasteiger partial charge in [-0.3, -0.25) is 9.32 Å². The number of phosphoric acid groups is 1. The molecule has 76 valence electrons. The van der Waals surface area contributed by atoms with Crippen LogP contribution in [0.15, 0.2) is 0 Å². The second kappa shape index (κ2) is 4.45. The van der Waals surface area contributed by atoms with Gasteiger partial charge in [-0.05, 0) is 0 Å². The highest BCUT2D eigenvalue weighted by molar-refractivity contribution is 7.46. The number of phosphoric ester groups is 1. The van der Waals surface area contributed by atoms with Gasteiger partial charge in [0.15, 0.2) is 0 Å². The SMILES string of the molecule is O=C(O)C(=O)C(O)COP(=O)(O)O. The van der Waals surface area contributed by atoms with Gasteiger partial charge in [0.05, 0.1) is 6.61 Å². The highest BCUT2D eigenvalue weighted by Gasteiger charge is 2.25. The van der Waals surface area contributed by atoms with Crippen LogP contribution >= 0.6 is 7.82 Å². The summed E-state index contributed by atoms with van der Waals surface area (Å²) in [6.07, 6.45) is -2.08. The molecule has 0 aromatic heterocycles. The van der Waals surface area contributed by atoms with Crippen molar-refractivity contribution in [3.8, 4) is 0 Å². The Kier molecular flexibility index (Phi) is 4.18. The first-order valence-corrected chi connectivity index (χ1v) is 4.42. The van der Waals surface area contributed by atoms with Crippen molar-refractivity contribution in [3.05, 3.63) is 0 Å². The van der Waals surface area contributed by atoms with Crippen LogP contribution in [0.1, 0.15) is 0 Å². The molecule has 13 heavy (non-hydrogen) atoms. The van der Waals surface area contributed by atoms with E-state index in [9.17, 15) is 14.2 Å². The lowest BCUT2D eigenvalue weighted by Gasteiger charge is -2.07. The maximum absolute atomic E-state index is 10.4. The molecule has 0 spiro atoms. The molecule has 0 aromatic carbocycles. The van der Waals surface area contributed by atoms with Gasteiger partial charge in [-0.25, -0.2) is 9.36 Å². The van der Waals surface area contributed by atoms with Gasteiger partial charge in [0.1, 0.15) is 6.10 Å². The van der Waals surface area contributed by atoms with Crippen LogP contribution in [-0.4, -0.2) is 44.5 Å². The Hall–Kier alpha value is -0.790. The summed E-state index contributed by atoms with van der Waals surface area (Å²) in [5.41, 5.74) is 0. The van der Waals surface area contributed by atoms with Crippen molar-refractivity contribution in [2.24, 2.45) is 0 Å². The largest absolute Gasteiger partial charge is 0.475 e. The van der Waals surface area contributed by atoms with Crippen LogP contribution in [0, 0.1) is 0 Å². The number of aliphatic hydroxyl groups excluding tert-OH is 1. The molecular formula is C4H7O8P. The minimum Gasteiger partial charge on any atom is -0.475 e. The number of carboxylic acids is 1. The van der Waals surface area contributed by atoms with E-state index in [2.05, 4.69) is 4.52 Å². The van der Waals surface area contributed by atoms with Crippen LogP contribution in [0.2, 0.25) is 0 Å². The van der Waals surface area contributed by atoms with Gasteiger partial charge >= 0.3 is 13.8 Å². The molecule has 1 atom stereocenters. The number of hydrogen-bond donors (Lipinski definition) is 4. The first kappa shape index (κ1) is 12.2. The van der Waals surface area contributed by atoms with Crippen LogP contribution in [0.5, 0.6) is 0 Å². The van der Waals surface area contributed by atoms with E-state index >= 15 is 0 Å². The number of ketones is 1. The molecule has 0 aromatic rings. The maximum Gasteiger partial charge on any atom is 0.469 e. The molecule has 0 heterocycles. The minimum atomic E-state index is -4.79. The van der Waals surface area contributed by atoms with Gasteiger partial charge in [-0.15, -0.1) is 0 Å². The van der Waals surface area contributed by atoms with E-state index in [1.807, 2.05) is 0 Å². The molecule has 8 nitrogen and oxygen atoms in total. The molecule has 0 aliphatic heterocycles. The number of carboxylic acid groups (broad SMARTS) is 1. The summed E-state index contributed by atoms with van der Waals surface area (Å²) in [7, 11) is -4.79. The number of carbonyl (C=O) groups excluding carboxylic acids is 1. The van der Waals surface area contributed by atoms with Crippen molar-refractivity contribution in [1.29, 1.82) is 0 Å². The van der Waals surface area contributed by atoms with Gasteiger partial charge in [0.2, 0.25) is 0 Å². The van der Waals surface area contributed by atoms with Crippen LogP contribution in [0.4, 0.5) is 0 Å². The molecule has 0 radical (unpaired) electrons. The monoisotopic (exact) mass is 214 g/mol. The number of aliphatic hydroxyl groups is 1. The molecule has 0 fully saturated rings. The zero-order chi connectivity index (χ0) is 10.6. The molecule has 0 bridgehead atoms. The van der Waals surface area contributed by atoms with E-state index in [4.69, 9.17) is 20.0 Å².